The van der Waals surface area contributed by atoms with Crippen molar-refractivity contribution < 1.29 is 9.18 Å². The minimum Gasteiger partial charge on any atom is -0.339 e. The number of aryl methyl sites for hydroxylation is 1. The Kier molecular flexibility index (Phi) is 4.13. The fourth-order valence-corrected chi connectivity index (χ4v) is 3.35. The predicted octanol–water partition coefficient (Wildman–Crippen LogP) is 4.48. The minimum atomic E-state index is -0.345. The van der Waals surface area contributed by atoms with Crippen LogP contribution in [0.2, 0.25) is 0 Å². The Bertz CT molecular complexity index is 986. The zero-order chi connectivity index (χ0) is 18.1. The van der Waals surface area contributed by atoms with Crippen LogP contribution in [0.4, 0.5) is 21.6 Å². The molecule has 1 aliphatic heterocycles. The van der Waals surface area contributed by atoms with Crippen LogP contribution in [-0.2, 0) is 6.42 Å². The van der Waals surface area contributed by atoms with E-state index in [1.807, 2.05) is 12.1 Å². The molecule has 1 amide bonds. The molecule has 0 atom stereocenters. The highest BCUT2D eigenvalue weighted by Gasteiger charge is 2.28. The topological polar surface area (TPSA) is 45.2 Å². The average Bonchev–Trinajstić information content (AvgIpc) is 3.07. The molecule has 0 bridgehead atoms. The van der Waals surface area contributed by atoms with Crippen molar-refractivity contribution in [1.29, 1.82) is 0 Å². The van der Waals surface area contributed by atoms with Crippen molar-refractivity contribution >= 4 is 23.1 Å². The van der Waals surface area contributed by atoms with Crippen molar-refractivity contribution in [2.45, 2.75) is 13.3 Å². The number of benzene rings is 2. The van der Waals surface area contributed by atoms with Crippen LogP contribution >= 0.6 is 0 Å². The van der Waals surface area contributed by atoms with Gasteiger partial charge in [0.05, 0.1) is 5.56 Å². The van der Waals surface area contributed by atoms with Crippen molar-refractivity contribution in [1.82, 2.24) is 4.98 Å². The summed E-state index contributed by atoms with van der Waals surface area (Å²) in [6, 6.07) is 15.6. The third-order valence-electron chi connectivity index (χ3n) is 4.63. The van der Waals surface area contributed by atoms with Gasteiger partial charge in [0.25, 0.3) is 5.91 Å². The summed E-state index contributed by atoms with van der Waals surface area (Å²) >= 11 is 0. The molecule has 0 radical (unpaired) electrons. The molecule has 2 aromatic carbocycles. The van der Waals surface area contributed by atoms with Gasteiger partial charge in [0.1, 0.15) is 11.6 Å². The number of aromatic nitrogens is 1. The standard InChI is InChI=1S/C21H18FN3O/c1-14-5-2-9-19-17(14)10-12-25(19)21(26)18-8-4-11-23-20(18)24-16-7-3-6-15(22)13-16/h2-9,11,13H,10,12H2,1H3,(H,23,24). The lowest BCUT2D eigenvalue weighted by molar-refractivity contribution is 0.0990. The molecule has 0 aliphatic carbocycles. The summed E-state index contributed by atoms with van der Waals surface area (Å²) in [4.78, 5) is 19.2. The molecule has 1 N–H and O–H groups in total. The summed E-state index contributed by atoms with van der Waals surface area (Å²) in [6.07, 6.45) is 2.46. The Labute approximate surface area is 151 Å². The number of carbonyl (C=O) groups excluding carboxylic acids is 1. The van der Waals surface area contributed by atoms with Crippen molar-refractivity contribution in [3.8, 4) is 0 Å². The molecule has 0 spiro atoms. The smallest absolute Gasteiger partial charge is 0.262 e. The molecule has 1 aliphatic rings. The molecule has 26 heavy (non-hydrogen) atoms. The van der Waals surface area contributed by atoms with Gasteiger partial charge in [0.15, 0.2) is 0 Å². The van der Waals surface area contributed by atoms with Gasteiger partial charge in [-0.2, -0.15) is 0 Å². The quantitative estimate of drug-likeness (QED) is 0.760. The van der Waals surface area contributed by atoms with Gasteiger partial charge in [-0.05, 0) is 60.9 Å². The maximum absolute atomic E-state index is 13.4. The van der Waals surface area contributed by atoms with Gasteiger partial charge in [-0.3, -0.25) is 4.79 Å². The highest BCUT2D eigenvalue weighted by Crippen LogP contribution is 2.32. The molecule has 2 heterocycles. The predicted molar refractivity (Wildman–Crippen MR) is 100 cm³/mol. The first-order valence-corrected chi connectivity index (χ1v) is 8.51. The Morgan fingerprint density at radius 2 is 2.00 bits per heavy atom. The zero-order valence-corrected chi connectivity index (χ0v) is 14.4. The summed E-state index contributed by atoms with van der Waals surface area (Å²) in [5.41, 5.74) is 4.38. The lowest BCUT2D eigenvalue weighted by Crippen LogP contribution is -2.29. The van der Waals surface area contributed by atoms with Crippen molar-refractivity contribution in [3.63, 3.8) is 0 Å². The number of fused-ring (bicyclic) bond motifs is 1. The van der Waals surface area contributed by atoms with E-state index < -0.39 is 0 Å². The van der Waals surface area contributed by atoms with E-state index in [0.29, 0.717) is 23.6 Å². The first-order chi connectivity index (χ1) is 12.6. The normalized spacial score (nSPS) is 12.8. The van der Waals surface area contributed by atoms with E-state index in [9.17, 15) is 9.18 Å². The van der Waals surface area contributed by atoms with Crippen molar-refractivity contribution in [3.05, 3.63) is 83.3 Å². The van der Waals surface area contributed by atoms with Crippen LogP contribution in [-0.4, -0.2) is 17.4 Å². The van der Waals surface area contributed by atoms with Crippen molar-refractivity contribution in [2.75, 3.05) is 16.8 Å². The monoisotopic (exact) mass is 347 g/mol. The van der Waals surface area contributed by atoms with Crippen LogP contribution in [0.25, 0.3) is 0 Å². The van der Waals surface area contributed by atoms with E-state index in [1.165, 1.54) is 23.3 Å². The number of nitrogens with zero attached hydrogens (tertiary/aromatic N) is 2. The van der Waals surface area contributed by atoms with Crippen LogP contribution in [0.1, 0.15) is 21.5 Å². The van der Waals surface area contributed by atoms with Gasteiger partial charge in [-0.15, -0.1) is 0 Å². The largest absolute Gasteiger partial charge is 0.339 e. The molecule has 3 aromatic rings. The van der Waals surface area contributed by atoms with Crippen LogP contribution < -0.4 is 10.2 Å². The Balaban J connectivity index is 1.67. The second-order valence-corrected chi connectivity index (χ2v) is 6.31. The summed E-state index contributed by atoms with van der Waals surface area (Å²) in [6.45, 7) is 2.71. The molecule has 0 fully saturated rings. The molecule has 4 nitrogen and oxygen atoms in total. The lowest BCUT2D eigenvalue weighted by Gasteiger charge is -2.19. The minimum absolute atomic E-state index is 0.110. The Morgan fingerprint density at radius 3 is 2.85 bits per heavy atom. The van der Waals surface area contributed by atoms with Gasteiger partial charge < -0.3 is 10.2 Å². The second-order valence-electron chi connectivity index (χ2n) is 6.31. The van der Waals surface area contributed by atoms with Gasteiger partial charge in [-0.1, -0.05) is 18.2 Å². The van der Waals surface area contributed by atoms with Gasteiger partial charge >= 0.3 is 0 Å². The third-order valence-corrected chi connectivity index (χ3v) is 4.63. The van der Waals surface area contributed by atoms with E-state index >= 15 is 0 Å². The molecule has 0 unspecified atom stereocenters. The molecule has 1 aromatic heterocycles. The SMILES string of the molecule is Cc1cccc2c1CCN2C(=O)c1cccnc1Nc1cccc(F)c1. The Morgan fingerprint density at radius 1 is 1.15 bits per heavy atom. The number of hydrogen-bond acceptors (Lipinski definition) is 3. The summed E-state index contributed by atoms with van der Waals surface area (Å²) in [5, 5.41) is 3.05. The molecule has 4 rings (SSSR count). The second kappa shape index (κ2) is 6.59. The van der Waals surface area contributed by atoms with Gasteiger partial charge in [0, 0.05) is 24.1 Å². The molecular weight excluding hydrogens is 329 g/mol. The van der Waals surface area contributed by atoms with Crippen LogP contribution in [0, 0.1) is 12.7 Å². The summed E-state index contributed by atoms with van der Waals surface area (Å²) in [5.74, 6) is -0.0340. The number of nitrogens with one attached hydrogen (secondary N) is 1. The number of amides is 1. The number of carbonyl (C=O) groups is 1. The zero-order valence-electron chi connectivity index (χ0n) is 14.4. The van der Waals surface area contributed by atoms with E-state index in [2.05, 4.69) is 23.3 Å². The molecule has 130 valence electrons. The first-order valence-electron chi connectivity index (χ1n) is 8.51. The molecular formula is C21H18FN3O. The Hall–Kier alpha value is -3.21. The fourth-order valence-electron chi connectivity index (χ4n) is 3.35. The fraction of sp³-hybridized carbons (Fsp3) is 0.143. The average molecular weight is 347 g/mol. The third kappa shape index (κ3) is 2.92. The highest BCUT2D eigenvalue weighted by atomic mass is 19.1. The number of pyridine rings is 1. The van der Waals surface area contributed by atoms with Crippen molar-refractivity contribution in [2.24, 2.45) is 0 Å². The number of halogens is 1. The van der Waals surface area contributed by atoms with Gasteiger partial charge in [0.2, 0.25) is 0 Å². The van der Waals surface area contributed by atoms with E-state index in [-0.39, 0.29) is 11.7 Å². The van der Waals surface area contributed by atoms with Crippen LogP contribution in [0.15, 0.2) is 60.8 Å². The van der Waals surface area contributed by atoms with E-state index in [1.54, 1.807) is 35.4 Å². The number of anilines is 3. The van der Waals surface area contributed by atoms with E-state index in [4.69, 9.17) is 0 Å². The van der Waals surface area contributed by atoms with Crippen LogP contribution in [0.3, 0.4) is 0 Å². The summed E-state index contributed by atoms with van der Waals surface area (Å²) in [7, 11) is 0. The number of hydrogen-bond donors (Lipinski definition) is 1. The maximum Gasteiger partial charge on any atom is 0.262 e. The van der Waals surface area contributed by atoms with E-state index in [0.717, 1.165) is 12.1 Å². The van der Waals surface area contributed by atoms with Gasteiger partial charge in [-0.25, -0.2) is 9.37 Å². The molecule has 5 heteroatoms. The maximum atomic E-state index is 13.4. The summed E-state index contributed by atoms with van der Waals surface area (Å²) < 4.78 is 13.4. The lowest BCUT2D eigenvalue weighted by atomic mass is 10.1. The number of rotatable bonds is 3. The first kappa shape index (κ1) is 16.3. The molecule has 0 saturated heterocycles. The highest BCUT2D eigenvalue weighted by molar-refractivity contribution is 6.10. The van der Waals surface area contributed by atoms with Crippen LogP contribution in [0.5, 0.6) is 0 Å². The molecule has 0 saturated carbocycles.